The van der Waals surface area contributed by atoms with Gasteiger partial charge in [-0.2, -0.15) is 0 Å². The quantitative estimate of drug-likeness (QED) is 0.785. The Hall–Kier alpha value is -0.870. The third kappa shape index (κ3) is 2.13. The summed E-state index contributed by atoms with van der Waals surface area (Å²) < 4.78 is 7.30. The first-order valence-electron chi connectivity index (χ1n) is 5.03. The lowest BCUT2D eigenvalue weighted by molar-refractivity contribution is 0.0520. The molecular formula is C10H16N2O2. The predicted octanol–water partition coefficient (Wildman–Crippen LogP) is 1.02. The molecule has 0 aromatic carbocycles. The van der Waals surface area contributed by atoms with Gasteiger partial charge in [0.2, 0.25) is 0 Å². The lowest BCUT2D eigenvalue weighted by Crippen LogP contribution is -2.11. The van der Waals surface area contributed by atoms with E-state index in [1.807, 2.05) is 17.8 Å². The van der Waals surface area contributed by atoms with E-state index < -0.39 is 6.10 Å². The minimum Gasteiger partial charge on any atom is -0.387 e. The molecule has 2 unspecified atom stereocenters. The second kappa shape index (κ2) is 4.11. The Kier molecular flexibility index (Phi) is 2.84. The van der Waals surface area contributed by atoms with Crippen LogP contribution in [0.5, 0.6) is 0 Å². The Morgan fingerprint density at radius 2 is 2.64 bits per heavy atom. The number of aromatic nitrogens is 2. The van der Waals surface area contributed by atoms with Crippen molar-refractivity contribution in [1.29, 1.82) is 0 Å². The summed E-state index contributed by atoms with van der Waals surface area (Å²) in [5.41, 5.74) is 0.739. The molecule has 0 aliphatic carbocycles. The molecule has 2 heterocycles. The van der Waals surface area contributed by atoms with Crippen molar-refractivity contribution in [3.05, 3.63) is 18.2 Å². The number of rotatable bonds is 3. The van der Waals surface area contributed by atoms with Gasteiger partial charge in [-0.3, -0.25) is 0 Å². The molecule has 78 valence electrons. The molecule has 1 N–H and O–H groups in total. The van der Waals surface area contributed by atoms with Crippen LogP contribution in [-0.4, -0.2) is 27.4 Å². The van der Waals surface area contributed by atoms with Gasteiger partial charge in [-0.05, 0) is 12.8 Å². The molecule has 14 heavy (non-hydrogen) atoms. The molecule has 0 amide bonds. The van der Waals surface area contributed by atoms with Crippen molar-refractivity contribution in [3.8, 4) is 0 Å². The van der Waals surface area contributed by atoms with E-state index in [4.69, 9.17) is 4.74 Å². The average Bonchev–Trinajstić information content (AvgIpc) is 2.75. The third-order valence-electron chi connectivity index (χ3n) is 2.58. The molecule has 0 spiro atoms. The number of aliphatic hydroxyl groups is 1. The summed E-state index contributed by atoms with van der Waals surface area (Å²) in [6.45, 7) is 0.833. The zero-order valence-corrected chi connectivity index (χ0v) is 8.39. The van der Waals surface area contributed by atoms with Gasteiger partial charge in [0.1, 0.15) is 0 Å². The van der Waals surface area contributed by atoms with E-state index in [0.29, 0.717) is 6.42 Å². The maximum Gasteiger partial charge on any atom is 0.0999 e. The van der Waals surface area contributed by atoms with Gasteiger partial charge in [-0.15, -0.1) is 0 Å². The van der Waals surface area contributed by atoms with Gasteiger partial charge in [0.25, 0.3) is 0 Å². The zero-order valence-electron chi connectivity index (χ0n) is 8.39. The molecule has 2 rings (SSSR count). The standard InChI is InChI=1S/C10H16N2O2/c1-12-6-9(11-7-12)10(13)5-8-3-2-4-14-8/h6-8,10,13H,2-5H2,1H3. The second-order valence-corrected chi connectivity index (χ2v) is 3.85. The molecule has 4 nitrogen and oxygen atoms in total. The van der Waals surface area contributed by atoms with Crippen molar-refractivity contribution < 1.29 is 9.84 Å². The largest absolute Gasteiger partial charge is 0.387 e. The molecule has 1 aromatic rings. The summed E-state index contributed by atoms with van der Waals surface area (Å²) in [7, 11) is 1.90. The van der Waals surface area contributed by atoms with Gasteiger partial charge in [0.05, 0.1) is 24.2 Å². The highest BCUT2D eigenvalue weighted by Crippen LogP contribution is 2.23. The first-order valence-corrected chi connectivity index (χ1v) is 5.03. The van der Waals surface area contributed by atoms with E-state index in [0.717, 1.165) is 25.1 Å². The SMILES string of the molecule is Cn1cnc(C(O)CC2CCCO2)c1. The van der Waals surface area contributed by atoms with Gasteiger partial charge in [-0.25, -0.2) is 4.98 Å². The van der Waals surface area contributed by atoms with Crippen LogP contribution < -0.4 is 0 Å². The maximum absolute atomic E-state index is 9.84. The summed E-state index contributed by atoms with van der Waals surface area (Å²) in [5, 5.41) is 9.84. The number of imidazole rings is 1. The first kappa shape index (κ1) is 9.68. The van der Waals surface area contributed by atoms with Crippen LogP contribution in [0.3, 0.4) is 0 Å². The minimum atomic E-state index is -0.487. The lowest BCUT2D eigenvalue weighted by Gasteiger charge is -2.12. The number of ether oxygens (including phenoxy) is 1. The van der Waals surface area contributed by atoms with Crippen LogP contribution in [0.15, 0.2) is 12.5 Å². The van der Waals surface area contributed by atoms with Crippen LogP contribution in [0.25, 0.3) is 0 Å². The zero-order chi connectivity index (χ0) is 9.97. The Morgan fingerprint density at radius 1 is 1.79 bits per heavy atom. The van der Waals surface area contributed by atoms with Crippen LogP contribution in [0.2, 0.25) is 0 Å². The molecule has 2 atom stereocenters. The highest BCUT2D eigenvalue weighted by atomic mass is 16.5. The fourth-order valence-corrected chi connectivity index (χ4v) is 1.81. The van der Waals surface area contributed by atoms with Crippen LogP contribution in [-0.2, 0) is 11.8 Å². The van der Waals surface area contributed by atoms with Crippen molar-refractivity contribution in [2.45, 2.75) is 31.5 Å². The summed E-state index contributed by atoms with van der Waals surface area (Å²) in [4.78, 5) is 4.12. The van der Waals surface area contributed by atoms with E-state index in [9.17, 15) is 5.11 Å². The van der Waals surface area contributed by atoms with Crippen molar-refractivity contribution in [1.82, 2.24) is 9.55 Å². The van der Waals surface area contributed by atoms with Crippen molar-refractivity contribution in [2.75, 3.05) is 6.61 Å². The topological polar surface area (TPSA) is 47.3 Å². The van der Waals surface area contributed by atoms with Crippen LogP contribution in [0.4, 0.5) is 0 Å². The van der Waals surface area contributed by atoms with Gasteiger partial charge in [-0.1, -0.05) is 0 Å². The van der Waals surface area contributed by atoms with Crippen molar-refractivity contribution in [2.24, 2.45) is 7.05 Å². The Balaban J connectivity index is 1.91. The van der Waals surface area contributed by atoms with E-state index in [2.05, 4.69) is 4.98 Å². The highest BCUT2D eigenvalue weighted by molar-refractivity contribution is 5.01. The van der Waals surface area contributed by atoms with E-state index >= 15 is 0 Å². The Bertz CT molecular complexity index is 292. The van der Waals surface area contributed by atoms with Gasteiger partial charge >= 0.3 is 0 Å². The number of nitrogens with zero attached hydrogens (tertiary/aromatic N) is 2. The summed E-state index contributed by atoms with van der Waals surface area (Å²) in [6, 6.07) is 0. The minimum absolute atomic E-state index is 0.215. The van der Waals surface area contributed by atoms with Crippen molar-refractivity contribution >= 4 is 0 Å². The maximum atomic E-state index is 9.84. The van der Waals surface area contributed by atoms with Gasteiger partial charge in [0.15, 0.2) is 0 Å². The molecular weight excluding hydrogens is 180 g/mol. The van der Waals surface area contributed by atoms with Crippen molar-refractivity contribution in [3.63, 3.8) is 0 Å². The van der Waals surface area contributed by atoms with Gasteiger partial charge < -0.3 is 14.4 Å². The third-order valence-corrected chi connectivity index (χ3v) is 2.58. The number of hydrogen-bond acceptors (Lipinski definition) is 3. The molecule has 1 aliphatic rings. The van der Waals surface area contributed by atoms with Crippen LogP contribution in [0, 0.1) is 0 Å². The number of aryl methyl sites for hydroxylation is 1. The molecule has 4 heteroatoms. The van der Waals surface area contributed by atoms with Crippen LogP contribution in [0.1, 0.15) is 31.1 Å². The Morgan fingerprint density at radius 3 is 3.21 bits per heavy atom. The van der Waals surface area contributed by atoms with E-state index in [1.54, 1.807) is 6.33 Å². The normalized spacial score (nSPS) is 24.0. The molecule has 0 saturated carbocycles. The molecule has 0 radical (unpaired) electrons. The Labute approximate surface area is 83.5 Å². The van der Waals surface area contributed by atoms with E-state index in [1.165, 1.54) is 0 Å². The number of aliphatic hydroxyl groups excluding tert-OH is 1. The molecule has 1 fully saturated rings. The monoisotopic (exact) mass is 196 g/mol. The van der Waals surface area contributed by atoms with Gasteiger partial charge in [0, 0.05) is 26.3 Å². The average molecular weight is 196 g/mol. The smallest absolute Gasteiger partial charge is 0.0999 e. The molecule has 1 aliphatic heterocycles. The van der Waals surface area contributed by atoms with E-state index in [-0.39, 0.29) is 6.10 Å². The predicted molar refractivity (Wildman–Crippen MR) is 51.8 cm³/mol. The molecule has 1 saturated heterocycles. The molecule has 1 aromatic heterocycles. The molecule has 0 bridgehead atoms. The number of hydrogen-bond donors (Lipinski definition) is 1. The second-order valence-electron chi connectivity index (χ2n) is 3.85. The fourth-order valence-electron chi connectivity index (χ4n) is 1.81. The summed E-state index contributed by atoms with van der Waals surface area (Å²) in [6.07, 6.45) is 6.11. The lowest BCUT2D eigenvalue weighted by atomic mass is 10.1. The highest BCUT2D eigenvalue weighted by Gasteiger charge is 2.21. The summed E-state index contributed by atoms with van der Waals surface area (Å²) >= 11 is 0. The fraction of sp³-hybridized carbons (Fsp3) is 0.700. The van der Waals surface area contributed by atoms with Crippen LogP contribution >= 0.6 is 0 Å². The first-order chi connectivity index (χ1) is 6.75. The summed E-state index contributed by atoms with van der Waals surface area (Å²) in [5.74, 6) is 0.